The Bertz CT molecular complexity index is 321. The van der Waals surface area contributed by atoms with Crippen LogP contribution in [-0.4, -0.2) is 4.98 Å². The number of aryl methyl sites for hydroxylation is 1. The molecule has 0 spiro atoms. The van der Waals surface area contributed by atoms with Gasteiger partial charge in [-0.05, 0) is 37.3 Å². The molecule has 1 aliphatic rings. The Morgan fingerprint density at radius 3 is 2.83 bits per heavy atom. The molecule has 1 heterocycles. The van der Waals surface area contributed by atoms with Crippen molar-refractivity contribution < 1.29 is 4.39 Å². The predicted octanol–water partition coefficient (Wildman–Crippen LogP) is 3.06. The molecular formula is C9H9ClFN. The largest absolute Gasteiger partial charge is 0.238 e. The maximum atomic E-state index is 13.4. The summed E-state index contributed by atoms with van der Waals surface area (Å²) < 4.78 is 13.4. The standard InChI is InChI=1S/C9H9ClFN/c1-5-9(11)7(6-2-3-6)4-8(10)12-5/h4,6H,2-3H2,1H3. The van der Waals surface area contributed by atoms with Crippen molar-refractivity contribution in [2.45, 2.75) is 25.7 Å². The molecule has 0 unspecified atom stereocenters. The van der Waals surface area contributed by atoms with Crippen molar-refractivity contribution in [3.63, 3.8) is 0 Å². The lowest BCUT2D eigenvalue weighted by molar-refractivity contribution is 0.593. The SMILES string of the molecule is Cc1nc(Cl)cc(C2CC2)c1F. The first-order valence-corrected chi connectivity index (χ1v) is 4.39. The first kappa shape index (κ1) is 7.99. The van der Waals surface area contributed by atoms with E-state index < -0.39 is 0 Å². The fraction of sp³-hybridized carbons (Fsp3) is 0.444. The van der Waals surface area contributed by atoms with Crippen molar-refractivity contribution in [2.24, 2.45) is 0 Å². The molecule has 1 aromatic rings. The molecule has 0 aromatic carbocycles. The van der Waals surface area contributed by atoms with E-state index in [1.807, 2.05) is 0 Å². The average molecular weight is 186 g/mol. The Morgan fingerprint density at radius 2 is 2.25 bits per heavy atom. The molecule has 1 fully saturated rings. The summed E-state index contributed by atoms with van der Waals surface area (Å²) in [7, 11) is 0. The second kappa shape index (κ2) is 2.70. The van der Waals surface area contributed by atoms with Gasteiger partial charge < -0.3 is 0 Å². The first-order chi connectivity index (χ1) is 5.68. The highest BCUT2D eigenvalue weighted by Gasteiger charge is 2.27. The number of pyridine rings is 1. The number of hydrogen-bond acceptors (Lipinski definition) is 1. The van der Waals surface area contributed by atoms with Crippen LogP contribution < -0.4 is 0 Å². The molecule has 12 heavy (non-hydrogen) atoms. The zero-order chi connectivity index (χ0) is 8.72. The van der Waals surface area contributed by atoms with E-state index in [-0.39, 0.29) is 5.82 Å². The van der Waals surface area contributed by atoms with Crippen LogP contribution in [0.1, 0.15) is 30.0 Å². The molecule has 0 aliphatic heterocycles. The third-order valence-electron chi connectivity index (χ3n) is 2.14. The van der Waals surface area contributed by atoms with Crippen LogP contribution in [-0.2, 0) is 0 Å². The summed E-state index contributed by atoms with van der Waals surface area (Å²) in [6.07, 6.45) is 2.16. The van der Waals surface area contributed by atoms with Crippen molar-refractivity contribution in [1.82, 2.24) is 4.98 Å². The van der Waals surface area contributed by atoms with E-state index in [9.17, 15) is 4.39 Å². The lowest BCUT2D eigenvalue weighted by Gasteiger charge is -2.03. The quantitative estimate of drug-likeness (QED) is 0.613. The van der Waals surface area contributed by atoms with Crippen LogP contribution in [0.5, 0.6) is 0 Å². The van der Waals surface area contributed by atoms with Crippen molar-refractivity contribution in [3.05, 3.63) is 28.3 Å². The molecule has 0 saturated heterocycles. The summed E-state index contributed by atoms with van der Waals surface area (Å²) in [6, 6.07) is 1.64. The molecule has 0 radical (unpaired) electrons. The predicted molar refractivity (Wildman–Crippen MR) is 45.9 cm³/mol. The Hall–Kier alpha value is -0.630. The number of nitrogens with zero attached hydrogens (tertiary/aromatic N) is 1. The van der Waals surface area contributed by atoms with Gasteiger partial charge in [0.15, 0.2) is 0 Å². The zero-order valence-electron chi connectivity index (χ0n) is 6.77. The molecule has 3 heteroatoms. The molecule has 0 amide bonds. The molecule has 2 rings (SSSR count). The molecule has 0 bridgehead atoms. The van der Waals surface area contributed by atoms with Gasteiger partial charge in [-0.25, -0.2) is 9.37 Å². The fourth-order valence-corrected chi connectivity index (χ4v) is 1.58. The summed E-state index contributed by atoms with van der Waals surface area (Å²) in [5, 5.41) is 0.399. The highest BCUT2D eigenvalue weighted by molar-refractivity contribution is 6.29. The summed E-state index contributed by atoms with van der Waals surface area (Å²) >= 11 is 5.72. The highest BCUT2D eigenvalue weighted by atomic mass is 35.5. The van der Waals surface area contributed by atoms with E-state index in [2.05, 4.69) is 4.98 Å². The van der Waals surface area contributed by atoms with E-state index in [0.717, 1.165) is 18.4 Å². The molecule has 1 nitrogen and oxygen atoms in total. The third-order valence-corrected chi connectivity index (χ3v) is 2.33. The lowest BCUT2D eigenvalue weighted by Crippen LogP contribution is -1.95. The van der Waals surface area contributed by atoms with Gasteiger partial charge >= 0.3 is 0 Å². The Morgan fingerprint density at radius 1 is 1.58 bits per heavy atom. The fourth-order valence-electron chi connectivity index (χ4n) is 1.33. The second-order valence-electron chi connectivity index (χ2n) is 3.21. The van der Waals surface area contributed by atoms with E-state index in [1.54, 1.807) is 13.0 Å². The number of rotatable bonds is 1. The third kappa shape index (κ3) is 1.31. The summed E-state index contributed by atoms with van der Waals surface area (Å²) in [5.74, 6) is 0.214. The summed E-state index contributed by atoms with van der Waals surface area (Å²) in [4.78, 5) is 3.83. The van der Waals surface area contributed by atoms with Crippen LogP contribution in [0.2, 0.25) is 5.15 Å². The van der Waals surface area contributed by atoms with Crippen LogP contribution in [0.4, 0.5) is 4.39 Å². The van der Waals surface area contributed by atoms with E-state index in [0.29, 0.717) is 16.8 Å². The van der Waals surface area contributed by atoms with Crippen LogP contribution in [0.3, 0.4) is 0 Å². The minimum absolute atomic E-state index is 0.179. The van der Waals surface area contributed by atoms with Crippen molar-refractivity contribution in [2.75, 3.05) is 0 Å². The van der Waals surface area contributed by atoms with Gasteiger partial charge in [-0.1, -0.05) is 11.6 Å². The van der Waals surface area contributed by atoms with Crippen LogP contribution >= 0.6 is 11.6 Å². The maximum absolute atomic E-state index is 13.4. The van der Waals surface area contributed by atoms with Gasteiger partial charge in [-0.2, -0.15) is 0 Å². The van der Waals surface area contributed by atoms with E-state index >= 15 is 0 Å². The van der Waals surface area contributed by atoms with Gasteiger partial charge in [0.1, 0.15) is 11.0 Å². The van der Waals surface area contributed by atoms with E-state index in [4.69, 9.17) is 11.6 Å². The molecule has 0 N–H and O–H groups in total. The molecule has 1 aromatic heterocycles. The van der Waals surface area contributed by atoms with Gasteiger partial charge in [0.25, 0.3) is 0 Å². The van der Waals surface area contributed by atoms with Gasteiger partial charge in [-0.3, -0.25) is 0 Å². The van der Waals surface area contributed by atoms with Crippen molar-refractivity contribution >= 4 is 11.6 Å². The monoisotopic (exact) mass is 185 g/mol. The first-order valence-electron chi connectivity index (χ1n) is 4.01. The molecular weight excluding hydrogens is 177 g/mol. The Balaban J connectivity index is 2.51. The highest BCUT2D eigenvalue weighted by Crippen LogP contribution is 2.42. The number of halogens is 2. The van der Waals surface area contributed by atoms with Crippen LogP contribution in [0, 0.1) is 12.7 Å². The Kier molecular flexibility index (Phi) is 1.80. The lowest BCUT2D eigenvalue weighted by atomic mass is 10.1. The van der Waals surface area contributed by atoms with Gasteiger partial charge in [0.2, 0.25) is 0 Å². The number of hydrogen-bond donors (Lipinski definition) is 0. The van der Waals surface area contributed by atoms with E-state index in [1.165, 1.54) is 0 Å². The topological polar surface area (TPSA) is 12.9 Å². The second-order valence-corrected chi connectivity index (χ2v) is 3.60. The minimum Gasteiger partial charge on any atom is -0.238 e. The van der Waals surface area contributed by atoms with Gasteiger partial charge in [-0.15, -0.1) is 0 Å². The zero-order valence-corrected chi connectivity index (χ0v) is 7.53. The maximum Gasteiger partial charge on any atom is 0.147 e. The molecule has 64 valence electrons. The van der Waals surface area contributed by atoms with Crippen LogP contribution in [0.15, 0.2) is 6.07 Å². The van der Waals surface area contributed by atoms with Crippen molar-refractivity contribution in [3.8, 4) is 0 Å². The minimum atomic E-state index is -0.179. The Labute approximate surface area is 75.6 Å². The normalized spacial score (nSPS) is 16.6. The van der Waals surface area contributed by atoms with Crippen molar-refractivity contribution in [1.29, 1.82) is 0 Å². The molecule has 0 atom stereocenters. The summed E-state index contributed by atoms with van der Waals surface area (Å²) in [5.41, 5.74) is 1.15. The smallest absolute Gasteiger partial charge is 0.147 e. The van der Waals surface area contributed by atoms with Gasteiger partial charge in [0.05, 0.1) is 5.69 Å². The summed E-state index contributed by atoms with van der Waals surface area (Å²) in [6.45, 7) is 1.65. The van der Waals surface area contributed by atoms with Gasteiger partial charge in [0, 0.05) is 0 Å². The molecule has 1 saturated carbocycles. The average Bonchev–Trinajstić information content (AvgIpc) is 2.79. The molecule has 1 aliphatic carbocycles. The van der Waals surface area contributed by atoms with Crippen LogP contribution in [0.25, 0.3) is 0 Å². The number of aromatic nitrogens is 1.